The van der Waals surface area contributed by atoms with Gasteiger partial charge in [-0.3, -0.25) is 4.79 Å². The molecule has 0 spiro atoms. The summed E-state index contributed by atoms with van der Waals surface area (Å²) in [5.74, 6) is 1.57. The number of hydrogen-bond donors (Lipinski definition) is 2. The van der Waals surface area contributed by atoms with E-state index in [0.717, 1.165) is 36.9 Å². The number of carbonyl (C=O) groups excluding carboxylic acids is 1. The van der Waals surface area contributed by atoms with Crippen LogP contribution in [0.3, 0.4) is 0 Å². The molecule has 0 saturated carbocycles. The van der Waals surface area contributed by atoms with Gasteiger partial charge in [0.15, 0.2) is 0 Å². The van der Waals surface area contributed by atoms with Crippen LogP contribution < -0.4 is 15.4 Å². The molecule has 0 aliphatic carbocycles. The molecule has 2 N–H and O–H groups in total. The fourth-order valence-corrected chi connectivity index (χ4v) is 2.73. The molecule has 2 rings (SSSR count). The molecule has 0 radical (unpaired) electrons. The number of aryl methyl sites for hydroxylation is 1. The Morgan fingerprint density at radius 2 is 2.05 bits per heavy atom. The van der Waals surface area contributed by atoms with E-state index in [0.29, 0.717) is 13.0 Å². The molecule has 1 aromatic carbocycles. The van der Waals surface area contributed by atoms with Crippen molar-refractivity contribution in [1.29, 1.82) is 0 Å². The van der Waals surface area contributed by atoms with Gasteiger partial charge >= 0.3 is 0 Å². The lowest BCUT2D eigenvalue weighted by molar-refractivity contribution is -0.105. The number of ether oxygens (including phenoxy) is 1. The Labute approximate surface area is 134 Å². The molecule has 124 valence electrons. The molecule has 0 atom stereocenters. The van der Waals surface area contributed by atoms with Crippen LogP contribution in [0.1, 0.15) is 45.6 Å². The van der Waals surface area contributed by atoms with E-state index in [1.165, 1.54) is 24.8 Å². The molecule has 0 bridgehead atoms. The lowest BCUT2D eigenvalue weighted by Gasteiger charge is -2.22. The lowest BCUT2D eigenvalue weighted by Crippen LogP contribution is -2.27. The molecule has 0 unspecified atom stereocenters. The van der Waals surface area contributed by atoms with Crippen LogP contribution in [0.5, 0.6) is 5.75 Å². The predicted octanol–water partition coefficient (Wildman–Crippen LogP) is 3.61. The summed E-state index contributed by atoms with van der Waals surface area (Å²) in [6, 6.07) is 6.08. The predicted molar refractivity (Wildman–Crippen MR) is 92.6 cm³/mol. The minimum Gasteiger partial charge on any atom is -0.492 e. The largest absolute Gasteiger partial charge is 0.492 e. The van der Waals surface area contributed by atoms with Crippen LogP contribution in [-0.2, 0) is 11.2 Å². The summed E-state index contributed by atoms with van der Waals surface area (Å²) in [4.78, 5) is 10.7. The molecule has 0 aromatic heterocycles. The normalized spacial score (nSPS) is 14.7. The number of benzene rings is 1. The monoisotopic (exact) mass is 306 g/mol. The molecular weight excluding hydrogens is 276 g/mol. The zero-order valence-electron chi connectivity index (χ0n) is 14.2. The quantitative estimate of drug-likeness (QED) is 0.757. The number of nitrogens with one attached hydrogen (secondary N) is 2. The molecule has 1 heterocycles. The first-order valence-electron chi connectivity index (χ1n) is 8.50. The topological polar surface area (TPSA) is 50.4 Å². The van der Waals surface area contributed by atoms with Gasteiger partial charge in [-0.05, 0) is 69.3 Å². The minimum atomic E-state index is 0.599. The van der Waals surface area contributed by atoms with Gasteiger partial charge in [-0.2, -0.15) is 0 Å². The van der Waals surface area contributed by atoms with Gasteiger partial charge in [0.05, 0.1) is 12.3 Å². The fraction of sp³-hybridized carbons (Fsp3) is 0.611. The maximum Gasteiger partial charge on any atom is 0.211 e. The van der Waals surface area contributed by atoms with Crippen LogP contribution in [0.25, 0.3) is 0 Å². The highest BCUT2D eigenvalue weighted by molar-refractivity contribution is 5.75. The van der Waals surface area contributed by atoms with Crippen LogP contribution in [0.15, 0.2) is 18.2 Å². The van der Waals surface area contributed by atoms with Crippen molar-refractivity contribution in [3.05, 3.63) is 23.8 Å². The highest BCUT2D eigenvalue weighted by Crippen LogP contribution is 2.27. The van der Waals surface area contributed by atoms with Crippen LogP contribution in [-0.4, -0.2) is 26.1 Å². The second-order valence-electron chi connectivity index (χ2n) is 5.26. The summed E-state index contributed by atoms with van der Waals surface area (Å²) in [5, 5.41) is 6.12. The number of piperidine rings is 1. The van der Waals surface area contributed by atoms with Gasteiger partial charge in [0.25, 0.3) is 0 Å². The van der Waals surface area contributed by atoms with Gasteiger partial charge < -0.3 is 15.4 Å². The van der Waals surface area contributed by atoms with E-state index < -0.39 is 0 Å². The summed E-state index contributed by atoms with van der Waals surface area (Å²) >= 11 is 0. The second-order valence-corrected chi connectivity index (χ2v) is 5.26. The molecule has 1 amide bonds. The van der Waals surface area contributed by atoms with E-state index in [2.05, 4.69) is 16.7 Å². The van der Waals surface area contributed by atoms with Crippen molar-refractivity contribution < 1.29 is 9.53 Å². The molecule has 1 aliphatic heterocycles. The number of carbonyl (C=O) groups is 1. The Balaban J connectivity index is 0.00000116. The van der Waals surface area contributed by atoms with E-state index in [1.54, 1.807) is 0 Å². The molecule has 4 nitrogen and oxygen atoms in total. The fourth-order valence-electron chi connectivity index (χ4n) is 2.73. The number of hydrogen-bond acceptors (Lipinski definition) is 3. The highest BCUT2D eigenvalue weighted by atomic mass is 16.5. The summed E-state index contributed by atoms with van der Waals surface area (Å²) < 4.78 is 5.51. The van der Waals surface area contributed by atoms with Crippen molar-refractivity contribution in [2.75, 3.05) is 25.0 Å². The third kappa shape index (κ3) is 6.06. The van der Waals surface area contributed by atoms with Crippen molar-refractivity contribution in [2.45, 2.75) is 46.5 Å². The van der Waals surface area contributed by atoms with Crippen LogP contribution >= 0.6 is 0 Å². The average molecular weight is 306 g/mol. The van der Waals surface area contributed by atoms with Gasteiger partial charge in [0, 0.05) is 0 Å². The van der Waals surface area contributed by atoms with Crippen LogP contribution in [0.4, 0.5) is 5.69 Å². The molecule has 1 saturated heterocycles. The Morgan fingerprint density at radius 1 is 1.32 bits per heavy atom. The van der Waals surface area contributed by atoms with Crippen molar-refractivity contribution in [1.82, 2.24) is 5.32 Å². The van der Waals surface area contributed by atoms with Gasteiger partial charge in [-0.25, -0.2) is 0 Å². The van der Waals surface area contributed by atoms with Crippen molar-refractivity contribution >= 4 is 12.1 Å². The van der Waals surface area contributed by atoms with Crippen molar-refractivity contribution in [3.63, 3.8) is 0 Å². The summed E-state index contributed by atoms with van der Waals surface area (Å²) in [6.45, 7) is 8.83. The Kier molecular flexibility index (Phi) is 9.31. The number of rotatable bonds is 7. The molecule has 1 aliphatic rings. The van der Waals surface area contributed by atoms with Gasteiger partial charge in [0.2, 0.25) is 6.41 Å². The summed E-state index contributed by atoms with van der Waals surface area (Å²) in [5.41, 5.74) is 2.03. The van der Waals surface area contributed by atoms with E-state index in [9.17, 15) is 4.79 Å². The number of anilines is 1. The van der Waals surface area contributed by atoms with E-state index in [1.807, 2.05) is 32.9 Å². The first kappa shape index (κ1) is 18.5. The molecular formula is C18H30N2O2. The molecule has 1 aromatic rings. The lowest BCUT2D eigenvalue weighted by atomic mass is 9.91. The van der Waals surface area contributed by atoms with E-state index >= 15 is 0 Å². The maximum atomic E-state index is 10.7. The zero-order valence-corrected chi connectivity index (χ0v) is 14.2. The Morgan fingerprint density at radius 3 is 2.68 bits per heavy atom. The zero-order chi connectivity index (χ0) is 16.2. The standard InChI is InChI=1S/C16H24N2O2.C2H6/c1-2-20-16-6-5-14(11-15(16)18-12-19)4-3-13-7-9-17-10-8-13;1-2/h5-6,11-13,17H,2-4,7-10H2,1H3,(H,18,19);1-2H3. The third-order valence-electron chi connectivity index (χ3n) is 3.86. The third-order valence-corrected chi connectivity index (χ3v) is 3.86. The van der Waals surface area contributed by atoms with E-state index in [4.69, 9.17) is 4.74 Å². The minimum absolute atomic E-state index is 0.599. The smallest absolute Gasteiger partial charge is 0.211 e. The number of amides is 1. The first-order chi connectivity index (χ1) is 10.8. The van der Waals surface area contributed by atoms with Crippen molar-refractivity contribution in [2.24, 2.45) is 5.92 Å². The average Bonchev–Trinajstić information content (AvgIpc) is 2.58. The summed E-state index contributed by atoms with van der Waals surface area (Å²) in [7, 11) is 0. The van der Waals surface area contributed by atoms with Crippen LogP contribution in [0.2, 0.25) is 0 Å². The Hall–Kier alpha value is -1.55. The van der Waals surface area contributed by atoms with Gasteiger partial charge in [-0.1, -0.05) is 19.9 Å². The second kappa shape index (κ2) is 11.1. The van der Waals surface area contributed by atoms with Crippen LogP contribution in [0, 0.1) is 5.92 Å². The maximum absolute atomic E-state index is 10.7. The molecule has 22 heavy (non-hydrogen) atoms. The van der Waals surface area contributed by atoms with E-state index in [-0.39, 0.29) is 0 Å². The Bertz CT molecular complexity index is 429. The first-order valence-corrected chi connectivity index (χ1v) is 8.50. The molecule has 1 fully saturated rings. The van der Waals surface area contributed by atoms with Gasteiger partial charge in [0.1, 0.15) is 5.75 Å². The summed E-state index contributed by atoms with van der Waals surface area (Å²) in [6.07, 6.45) is 5.53. The SMILES string of the molecule is CC.CCOc1ccc(CCC2CCNCC2)cc1NC=O. The molecule has 4 heteroatoms. The van der Waals surface area contributed by atoms with Crippen molar-refractivity contribution in [3.8, 4) is 5.75 Å². The van der Waals surface area contributed by atoms with Gasteiger partial charge in [-0.15, -0.1) is 0 Å². The highest BCUT2D eigenvalue weighted by Gasteiger charge is 2.13.